The second-order valence-electron chi connectivity index (χ2n) is 24.1. The standard InChI is InChI=1S/C75H136O6/c1-4-7-10-13-16-19-22-24-26-28-30-32-34-35-36-37-38-39-40-42-43-45-47-49-51-53-56-59-62-65-68-74(77)80-71-72(70-79-73(76)67-64-61-58-55-21-18-15-12-9-6-3)81-75(78)69-66-63-60-57-54-52-50-48-46-44-41-33-31-29-27-25-23-20-17-14-11-8-5-2/h8,11-12,15,17,20,25,27,31,33,72H,4-7,9-10,13-14,16,18-19,21-24,26,28-30,32,34-71H2,1-3H3/b11-8-,15-12-,20-17-,27-25-,33-31-. The van der Waals surface area contributed by atoms with Gasteiger partial charge in [0.2, 0.25) is 0 Å². The Bertz CT molecular complexity index is 1440. The maximum absolute atomic E-state index is 12.9. The van der Waals surface area contributed by atoms with Crippen molar-refractivity contribution in [2.75, 3.05) is 13.2 Å². The van der Waals surface area contributed by atoms with Crippen molar-refractivity contribution in [1.82, 2.24) is 0 Å². The Balaban J connectivity index is 4.12. The lowest BCUT2D eigenvalue weighted by Gasteiger charge is -2.18. The van der Waals surface area contributed by atoms with E-state index in [0.29, 0.717) is 19.3 Å². The van der Waals surface area contributed by atoms with Crippen LogP contribution >= 0.6 is 0 Å². The van der Waals surface area contributed by atoms with Crippen molar-refractivity contribution in [3.8, 4) is 0 Å². The second-order valence-corrected chi connectivity index (χ2v) is 24.1. The first kappa shape index (κ1) is 78.1. The molecule has 0 saturated carbocycles. The van der Waals surface area contributed by atoms with E-state index in [4.69, 9.17) is 14.2 Å². The highest BCUT2D eigenvalue weighted by Gasteiger charge is 2.19. The topological polar surface area (TPSA) is 78.9 Å². The van der Waals surface area contributed by atoms with Gasteiger partial charge in [0.15, 0.2) is 6.10 Å². The van der Waals surface area contributed by atoms with Crippen LogP contribution in [0.5, 0.6) is 0 Å². The van der Waals surface area contributed by atoms with Gasteiger partial charge in [-0.3, -0.25) is 14.4 Å². The van der Waals surface area contributed by atoms with Gasteiger partial charge in [0.05, 0.1) is 0 Å². The molecule has 0 aromatic carbocycles. The van der Waals surface area contributed by atoms with E-state index in [0.717, 1.165) is 96.3 Å². The highest BCUT2D eigenvalue weighted by molar-refractivity contribution is 5.71. The molecule has 0 heterocycles. The molecule has 0 amide bonds. The van der Waals surface area contributed by atoms with Gasteiger partial charge in [-0.2, -0.15) is 0 Å². The summed E-state index contributed by atoms with van der Waals surface area (Å²) in [6.07, 6.45) is 89.9. The molecule has 6 nitrogen and oxygen atoms in total. The van der Waals surface area contributed by atoms with Crippen molar-refractivity contribution in [3.05, 3.63) is 60.8 Å². The average Bonchev–Trinajstić information content (AvgIpc) is 3.47. The van der Waals surface area contributed by atoms with Crippen LogP contribution < -0.4 is 0 Å². The molecule has 0 aliphatic carbocycles. The van der Waals surface area contributed by atoms with Crippen molar-refractivity contribution < 1.29 is 28.6 Å². The minimum Gasteiger partial charge on any atom is -0.462 e. The number of ether oxygens (including phenoxy) is 3. The van der Waals surface area contributed by atoms with E-state index in [2.05, 4.69) is 81.5 Å². The molecule has 1 atom stereocenters. The summed E-state index contributed by atoms with van der Waals surface area (Å²) in [5.74, 6) is -0.869. The predicted octanol–water partition coefficient (Wildman–Crippen LogP) is 24.7. The monoisotopic (exact) mass is 1130 g/mol. The molecular formula is C75H136O6. The van der Waals surface area contributed by atoms with Crippen LogP contribution in [0.3, 0.4) is 0 Å². The third-order valence-electron chi connectivity index (χ3n) is 16.0. The largest absolute Gasteiger partial charge is 0.462 e. The van der Waals surface area contributed by atoms with E-state index >= 15 is 0 Å². The summed E-state index contributed by atoms with van der Waals surface area (Å²) in [6, 6.07) is 0. The van der Waals surface area contributed by atoms with E-state index in [9.17, 15) is 14.4 Å². The number of esters is 3. The zero-order valence-corrected chi connectivity index (χ0v) is 54.3. The van der Waals surface area contributed by atoms with Crippen LogP contribution in [0.4, 0.5) is 0 Å². The summed E-state index contributed by atoms with van der Waals surface area (Å²) < 4.78 is 16.9. The van der Waals surface area contributed by atoms with E-state index in [1.165, 1.54) is 244 Å². The molecule has 0 aromatic rings. The highest BCUT2D eigenvalue weighted by atomic mass is 16.6. The summed E-state index contributed by atoms with van der Waals surface area (Å²) >= 11 is 0. The van der Waals surface area contributed by atoms with E-state index < -0.39 is 6.10 Å². The summed E-state index contributed by atoms with van der Waals surface area (Å²) in [6.45, 7) is 6.52. The summed E-state index contributed by atoms with van der Waals surface area (Å²) in [5.41, 5.74) is 0. The van der Waals surface area contributed by atoms with Crippen molar-refractivity contribution in [2.24, 2.45) is 0 Å². The van der Waals surface area contributed by atoms with Crippen molar-refractivity contribution in [2.45, 2.75) is 386 Å². The second kappa shape index (κ2) is 69.6. The van der Waals surface area contributed by atoms with Gasteiger partial charge in [-0.05, 0) is 77.0 Å². The molecule has 0 spiro atoms. The molecule has 0 aliphatic heterocycles. The molecule has 81 heavy (non-hydrogen) atoms. The van der Waals surface area contributed by atoms with Crippen LogP contribution in [-0.4, -0.2) is 37.2 Å². The van der Waals surface area contributed by atoms with Crippen LogP contribution in [0.15, 0.2) is 60.8 Å². The van der Waals surface area contributed by atoms with Gasteiger partial charge in [-0.1, -0.05) is 345 Å². The van der Waals surface area contributed by atoms with Crippen LogP contribution in [0.2, 0.25) is 0 Å². The molecule has 1 unspecified atom stereocenters. The molecule has 0 radical (unpaired) electrons. The third-order valence-corrected chi connectivity index (χ3v) is 16.0. The Hall–Kier alpha value is -2.89. The lowest BCUT2D eigenvalue weighted by molar-refractivity contribution is -0.167. The van der Waals surface area contributed by atoms with E-state index in [-0.39, 0.29) is 31.1 Å². The Labute approximate surface area is 504 Å². The van der Waals surface area contributed by atoms with Crippen molar-refractivity contribution in [1.29, 1.82) is 0 Å². The van der Waals surface area contributed by atoms with Gasteiger partial charge in [0.25, 0.3) is 0 Å². The minimum absolute atomic E-state index is 0.0748. The SMILES string of the molecule is CC/C=C\C/C=C\C/C=C\C/C=C\CCCCCCCCCCCCC(=O)OC(COC(=O)CCCCCCC/C=C\CCC)COC(=O)CCCCCCCCCCCCCCCCCCCCCCCCCCCCCCCC. The maximum atomic E-state index is 12.9. The number of rotatable bonds is 66. The lowest BCUT2D eigenvalue weighted by atomic mass is 10.0. The van der Waals surface area contributed by atoms with Crippen LogP contribution in [0.1, 0.15) is 380 Å². The summed E-state index contributed by atoms with van der Waals surface area (Å²) in [4.78, 5) is 38.3. The zero-order chi connectivity index (χ0) is 58.5. The molecule has 0 aromatic heterocycles. The Kier molecular flexibility index (Phi) is 67.1. The predicted molar refractivity (Wildman–Crippen MR) is 353 cm³/mol. The summed E-state index contributed by atoms with van der Waals surface area (Å²) in [7, 11) is 0. The Morgan fingerprint density at radius 2 is 0.506 bits per heavy atom. The number of allylic oxidation sites excluding steroid dienone is 10. The number of hydrogen-bond acceptors (Lipinski definition) is 6. The smallest absolute Gasteiger partial charge is 0.306 e. The van der Waals surface area contributed by atoms with Gasteiger partial charge < -0.3 is 14.2 Å². The first-order chi connectivity index (χ1) is 40.0. The Morgan fingerprint density at radius 3 is 0.815 bits per heavy atom. The molecule has 0 rings (SSSR count). The van der Waals surface area contributed by atoms with Crippen molar-refractivity contribution in [3.63, 3.8) is 0 Å². The van der Waals surface area contributed by atoms with Gasteiger partial charge >= 0.3 is 17.9 Å². The molecule has 0 bridgehead atoms. The minimum atomic E-state index is -0.779. The highest BCUT2D eigenvalue weighted by Crippen LogP contribution is 2.19. The van der Waals surface area contributed by atoms with E-state index in [1.807, 2.05) is 0 Å². The maximum Gasteiger partial charge on any atom is 0.306 e. The molecular weight excluding hydrogens is 997 g/mol. The number of carbonyl (C=O) groups is 3. The summed E-state index contributed by atoms with van der Waals surface area (Å²) in [5, 5.41) is 0. The molecule has 472 valence electrons. The van der Waals surface area contributed by atoms with Gasteiger partial charge in [-0.25, -0.2) is 0 Å². The quantitative estimate of drug-likeness (QED) is 0.0261. The van der Waals surface area contributed by atoms with Gasteiger partial charge in [0.1, 0.15) is 13.2 Å². The normalized spacial score (nSPS) is 12.4. The Morgan fingerprint density at radius 1 is 0.259 bits per heavy atom. The lowest BCUT2D eigenvalue weighted by Crippen LogP contribution is -2.30. The van der Waals surface area contributed by atoms with Gasteiger partial charge in [0, 0.05) is 19.3 Å². The number of hydrogen-bond donors (Lipinski definition) is 0. The first-order valence-corrected chi connectivity index (χ1v) is 35.8. The molecule has 6 heteroatoms. The van der Waals surface area contributed by atoms with Crippen LogP contribution in [0, 0.1) is 0 Å². The molecule has 0 saturated heterocycles. The molecule has 0 aliphatic rings. The fourth-order valence-corrected chi connectivity index (χ4v) is 10.7. The number of carbonyl (C=O) groups excluding carboxylic acids is 3. The third kappa shape index (κ3) is 67.8. The number of unbranched alkanes of at least 4 members (excludes halogenated alkanes) is 45. The van der Waals surface area contributed by atoms with Crippen LogP contribution in [-0.2, 0) is 28.6 Å². The fraction of sp³-hybridized carbons (Fsp3) is 0.827. The zero-order valence-electron chi connectivity index (χ0n) is 54.3. The average molecular weight is 1130 g/mol. The van der Waals surface area contributed by atoms with Crippen LogP contribution in [0.25, 0.3) is 0 Å². The molecule has 0 fully saturated rings. The fourth-order valence-electron chi connectivity index (χ4n) is 10.7. The van der Waals surface area contributed by atoms with Gasteiger partial charge in [-0.15, -0.1) is 0 Å². The molecule has 0 N–H and O–H groups in total. The van der Waals surface area contributed by atoms with Crippen molar-refractivity contribution >= 4 is 17.9 Å². The first-order valence-electron chi connectivity index (χ1n) is 35.8. The van der Waals surface area contributed by atoms with E-state index in [1.54, 1.807) is 0 Å².